The lowest BCUT2D eigenvalue weighted by Gasteiger charge is -2.49. The van der Waals surface area contributed by atoms with E-state index in [9.17, 15) is 4.79 Å². The molecule has 0 N–H and O–H groups in total. The number of amides is 1. The van der Waals surface area contributed by atoms with Crippen LogP contribution in [0, 0.1) is 12.3 Å². The molecule has 0 radical (unpaired) electrons. The molecule has 4 rings (SSSR count). The van der Waals surface area contributed by atoms with Crippen molar-refractivity contribution in [2.45, 2.75) is 32.2 Å². The minimum atomic E-state index is 0.206. The fourth-order valence-corrected chi connectivity index (χ4v) is 4.88. The van der Waals surface area contributed by atoms with Gasteiger partial charge in [0.15, 0.2) is 0 Å². The number of aromatic nitrogens is 2. The third-order valence-electron chi connectivity index (χ3n) is 5.49. The molecule has 2 fully saturated rings. The fraction of sp³-hybridized carbons (Fsp3) is 0.500. The molecule has 1 saturated heterocycles. The van der Waals surface area contributed by atoms with Crippen LogP contribution in [-0.4, -0.2) is 47.0 Å². The molecule has 2 aromatic heterocycles. The standard InChI is InChI=1S/C18H22N4OS/c1-13-3-4-15(24-13)17(23)22-8-6-18(11-22)9-14(10-18)21(2)16-5-7-19-12-20-16/h3-5,7,12,14H,6,8-11H2,1-2H3. The van der Waals surface area contributed by atoms with Gasteiger partial charge in [-0.15, -0.1) is 11.3 Å². The monoisotopic (exact) mass is 342 g/mol. The molecule has 1 aliphatic heterocycles. The highest BCUT2D eigenvalue weighted by Crippen LogP contribution is 2.50. The fourth-order valence-electron chi connectivity index (χ4n) is 4.04. The Kier molecular flexibility index (Phi) is 3.79. The van der Waals surface area contributed by atoms with E-state index in [0.717, 1.165) is 43.0 Å². The second-order valence-electron chi connectivity index (χ2n) is 7.13. The number of rotatable bonds is 3. The van der Waals surface area contributed by atoms with Crippen molar-refractivity contribution in [3.8, 4) is 0 Å². The SMILES string of the molecule is Cc1ccc(C(=O)N2CCC3(CC(N(C)c4ccncn4)C3)C2)s1. The predicted octanol–water partition coefficient (Wildman–Crippen LogP) is 2.98. The van der Waals surface area contributed by atoms with Crippen molar-refractivity contribution in [3.05, 3.63) is 40.5 Å². The molecule has 0 atom stereocenters. The molecular formula is C18H22N4OS. The van der Waals surface area contributed by atoms with E-state index >= 15 is 0 Å². The van der Waals surface area contributed by atoms with Gasteiger partial charge in [-0.05, 0) is 49.8 Å². The van der Waals surface area contributed by atoms with Gasteiger partial charge in [0.1, 0.15) is 12.1 Å². The van der Waals surface area contributed by atoms with Gasteiger partial charge >= 0.3 is 0 Å². The summed E-state index contributed by atoms with van der Waals surface area (Å²) in [6.07, 6.45) is 6.78. The van der Waals surface area contributed by atoms with Gasteiger partial charge in [-0.25, -0.2) is 9.97 Å². The molecule has 2 aromatic rings. The number of likely N-dealkylation sites (tertiary alicyclic amines) is 1. The number of hydrogen-bond donors (Lipinski definition) is 0. The molecule has 1 aliphatic carbocycles. The molecule has 0 bridgehead atoms. The lowest BCUT2D eigenvalue weighted by Crippen LogP contribution is -2.51. The van der Waals surface area contributed by atoms with Gasteiger partial charge in [0, 0.05) is 37.3 Å². The number of aryl methyl sites for hydroxylation is 1. The van der Waals surface area contributed by atoms with Crippen molar-refractivity contribution >= 4 is 23.1 Å². The Morgan fingerprint density at radius 1 is 1.38 bits per heavy atom. The van der Waals surface area contributed by atoms with E-state index in [0.29, 0.717) is 11.5 Å². The molecule has 2 aliphatic rings. The highest BCUT2D eigenvalue weighted by molar-refractivity contribution is 7.13. The maximum atomic E-state index is 12.6. The molecule has 1 spiro atoms. The smallest absolute Gasteiger partial charge is 0.263 e. The van der Waals surface area contributed by atoms with Crippen molar-refractivity contribution < 1.29 is 4.79 Å². The lowest BCUT2D eigenvalue weighted by molar-refractivity contribution is 0.0703. The predicted molar refractivity (Wildman–Crippen MR) is 95.5 cm³/mol. The molecule has 24 heavy (non-hydrogen) atoms. The second-order valence-corrected chi connectivity index (χ2v) is 8.42. The quantitative estimate of drug-likeness (QED) is 0.860. The summed E-state index contributed by atoms with van der Waals surface area (Å²) in [7, 11) is 2.10. The van der Waals surface area contributed by atoms with Crippen molar-refractivity contribution in [2.75, 3.05) is 25.0 Å². The van der Waals surface area contributed by atoms with Crippen LogP contribution < -0.4 is 4.90 Å². The first kappa shape index (κ1) is 15.6. The molecule has 1 amide bonds. The molecule has 1 saturated carbocycles. The van der Waals surface area contributed by atoms with Crippen LogP contribution in [0.5, 0.6) is 0 Å². The molecule has 6 heteroatoms. The van der Waals surface area contributed by atoms with E-state index in [1.54, 1.807) is 23.9 Å². The average molecular weight is 342 g/mol. The van der Waals surface area contributed by atoms with Crippen molar-refractivity contribution in [3.63, 3.8) is 0 Å². The van der Waals surface area contributed by atoms with Gasteiger partial charge in [-0.2, -0.15) is 0 Å². The van der Waals surface area contributed by atoms with Crippen molar-refractivity contribution in [1.82, 2.24) is 14.9 Å². The number of carbonyl (C=O) groups is 1. The number of hydrogen-bond acceptors (Lipinski definition) is 5. The zero-order chi connectivity index (χ0) is 16.7. The van der Waals surface area contributed by atoms with E-state index in [1.807, 2.05) is 30.0 Å². The molecule has 126 valence electrons. The molecule has 5 nitrogen and oxygen atoms in total. The average Bonchev–Trinajstić information content (AvgIpc) is 3.20. The zero-order valence-corrected chi connectivity index (χ0v) is 14.9. The van der Waals surface area contributed by atoms with E-state index in [-0.39, 0.29) is 5.91 Å². The Hall–Kier alpha value is -1.95. The van der Waals surface area contributed by atoms with Gasteiger partial charge < -0.3 is 9.80 Å². The van der Waals surface area contributed by atoms with Crippen LogP contribution in [0.15, 0.2) is 30.7 Å². The van der Waals surface area contributed by atoms with Gasteiger partial charge in [0.25, 0.3) is 5.91 Å². The minimum absolute atomic E-state index is 0.206. The topological polar surface area (TPSA) is 49.3 Å². The first-order valence-corrected chi connectivity index (χ1v) is 9.23. The van der Waals surface area contributed by atoms with Gasteiger partial charge in [-0.1, -0.05) is 0 Å². The highest BCUT2D eigenvalue weighted by atomic mass is 32.1. The van der Waals surface area contributed by atoms with Crippen LogP contribution in [0.25, 0.3) is 0 Å². The van der Waals surface area contributed by atoms with E-state index in [4.69, 9.17) is 0 Å². The Morgan fingerprint density at radius 2 is 2.21 bits per heavy atom. The van der Waals surface area contributed by atoms with Crippen molar-refractivity contribution in [1.29, 1.82) is 0 Å². The number of thiophene rings is 1. The van der Waals surface area contributed by atoms with Crippen LogP contribution in [0.3, 0.4) is 0 Å². The summed E-state index contributed by atoms with van der Waals surface area (Å²) in [5.74, 6) is 1.18. The molecule has 0 unspecified atom stereocenters. The maximum absolute atomic E-state index is 12.6. The van der Waals surface area contributed by atoms with Gasteiger partial charge in [-0.3, -0.25) is 4.79 Å². The summed E-state index contributed by atoms with van der Waals surface area (Å²) in [6.45, 7) is 3.84. The first-order chi connectivity index (χ1) is 11.6. The van der Waals surface area contributed by atoms with Crippen molar-refractivity contribution in [2.24, 2.45) is 5.41 Å². The van der Waals surface area contributed by atoms with E-state index in [2.05, 4.69) is 21.9 Å². The maximum Gasteiger partial charge on any atom is 0.263 e. The first-order valence-electron chi connectivity index (χ1n) is 8.41. The zero-order valence-electron chi connectivity index (χ0n) is 14.1. The van der Waals surface area contributed by atoms with Gasteiger partial charge in [0.2, 0.25) is 0 Å². The lowest BCUT2D eigenvalue weighted by atomic mass is 9.64. The van der Waals surface area contributed by atoms with E-state index in [1.165, 1.54) is 4.88 Å². The molecular weight excluding hydrogens is 320 g/mol. The summed E-state index contributed by atoms with van der Waals surface area (Å²) in [5.41, 5.74) is 0.313. The third-order valence-corrected chi connectivity index (χ3v) is 6.48. The molecule has 3 heterocycles. The number of carbonyl (C=O) groups excluding carboxylic acids is 1. The Labute approximate surface area is 146 Å². The highest BCUT2D eigenvalue weighted by Gasteiger charge is 2.50. The van der Waals surface area contributed by atoms with Crippen LogP contribution in [0.1, 0.15) is 33.8 Å². The molecule has 0 aromatic carbocycles. The second kappa shape index (κ2) is 5.84. The van der Waals surface area contributed by atoms with E-state index < -0.39 is 0 Å². The summed E-state index contributed by atoms with van der Waals surface area (Å²) >= 11 is 1.60. The summed E-state index contributed by atoms with van der Waals surface area (Å²) in [6, 6.07) is 6.45. The van der Waals surface area contributed by atoms with Crippen LogP contribution in [0.2, 0.25) is 0 Å². The Morgan fingerprint density at radius 3 is 2.88 bits per heavy atom. The van der Waals surface area contributed by atoms with Crippen LogP contribution in [-0.2, 0) is 0 Å². The summed E-state index contributed by atoms with van der Waals surface area (Å²) < 4.78 is 0. The number of anilines is 1. The third kappa shape index (κ3) is 2.69. The largest absolute Gasteiger partial charge is 0.357 e. The van der Waals surface area contributed by atoms with Crippen LogP contribution >= 0.6 is 11.3 Å². The summed E-state index contributed by atoms with van der Waals surface area (Å²) in [5, 5.41) is 0. The number of nitrogens with zero attached hydrogens (tertiary/aromatic N) is 4. The Balaban J connectivity index is 1.37. The summed E-state index contributed by atoms with van der Waals surface area (Å²) in [4.78, 5) is 27.3. The minimum Gasteiger partial charge on any atom is -0.357 e. The van der Waals surface area contributed by atoms with Gasteiger partial charge in [0.05, 0.1) is 4.88 Å². The normalized spacial score (nSPS) is 25.8. The van der Waals surface area contributed by atoms with Crippen LogP contribution in [0.4, 0.5) is 5.82 Å². The Bertz CT molecular complexity index is 738.